The zero-order valence-corrected chi connectivity index (χ0v) is 27.9. The molecule has 0 fully saturated rings. The molecule has 0 aliphatic rings. The summed E-state index contributed by atoms with van der Waals surface area (Å²) in [6.45, 7) is 8.05. The molecule has 7 aromatic carbocycles. The Bertz CT molecular complexity index is 2970. The van der Waals surface area contributed by atoms with Crippen LogP contribution >= 0.6 is 0 Å². The van der Waals surface area contributed by atoms with Crippen molar-refractivity contribution in [1.29, 1.82) is 0 Å². The molecule has 5 nitrogen and oxygen atoms in total. The lowest BCUT2D eigenvalue weighted by Gasteiger charge is -2.16. The molecule has 0 aliphatic carbocycles. The number of furan rings is 1. The van der Waals surface area contributed by atoms with Gasteiger partial charge in [0.1, 0.15) is 11.2 Å². The molecule has 52 heavy (non-hydrogen) atoms. The summed E-state index contributed by atoms with van der Waals surface area (Å²) in [5, 5.41) is 4.43. The maximum absolute atomic E-state index is 8.05. The molecule has 0 saturated carbocycles. The molecule has 0 amide bonds. The number of hydrogen-bond donors (Lipinski definition) is 0. The van der Waals surface area contributed by atoms with Crippen LogP contribution in [-0.4, -0.2) is 14.5 Å². The Hall–Kier alpha value is -7.29. The van der Waals surface area contributed by atoms with E-state index in [9.17, 15) is 0 Å². The summed E-state index contributed by atoms with van der Waals surface area (Å²) in [5.74, 6) is 0.647. The lowest BCUT2D eigenvalue weighted by molar-refractivity contribution is 0.669. The fourth-order valence-corrected chi connectivity index (χ4v) is 7.46. The number of hydrogen-bond acceptors (Lipinski definition) is 3. The fourth-order valence-electron chi connectivity index (χ4n) is 7.46. The minimum absolute atomic E-state index is 0.591. The first-order valence-electron chi connectivity index (χ1n) is 17.2. The van der Waals surface area contributed by atoms with Crippen molar-refractivity contribution in [3.05, 3.63) is 181 Å². The van der Waals surface area contributed by atoms with Gasteiger partial charge in [-0.15, -0.1) is 0 Å². The second kappa shape index (κ2) is 11.9. The Morgan fingerprint density at radius 3 is 1.96 bits per heavy atom. The topological polar surface area (TPSA) is 48.2 Å². The van der Waals surface area contributed by atoms with E-state index in [-0.39, 0.29) is 0 Å². The predicted molar refractivity (Wildman–Crippen MR) is 212 cm³/mol. The van der Waals surface area contributed by atoms with E-state index < -0.39 is 0 Å². The van der Waals surface area contributed by atoms with E-state index in [0.717, 1.165) is 88.6 Å². The summed E-state index contributed by atoms with van der Waals surface area (Å²) in [6.07, 6.45) is 0. The van der Waals surface area contributed by atoms with Crippen LogP contribution in [-0.2, 0) is 0 Å². The zero-order chi connectivity index (χ0) is 34.6. The van der Waals surface area contributed by atoms with Gasteiger partial charge in [-0.25, -0.2) is 14.8 Å². The Morgan fingerprint density at radius 1 is 0.500 bits per heavy atom. The first-order chi connectivity index (χ1) is 25.7. The third-order valence-corrected chi connectivity index (χ3v) is 9.81. The molecule has 242 valence electrons. The highest BCUT2D eigenvalue weighted by molar-refractivity contribution is 6.24. The molecule has 3 heterocycles. The van der Waals surface area contributed by atoms with Gasteiger partial charge >= 0.3 is 0 Å². The van der Waals surface area contributed by atoms with Crippen molar-refractivity contribution in [2.75, 3.05) is 0 Å². The second-order valence-electron chi connectivity index (χ2n) is 12.9. The molecular weight excluding hydrogens is 637 g/mol. The van der Waals surface area contributed by atoms with Crippen LogP contribution in [0.3, 0.4) is 0 Å². The smallest absolute Gasteiger partial charge is 0.194 e. The largest absolute Gasteiger partial charge is 0.456 e. The van der Waals surface area contributed by atoms with Crippen LogP contribution < -0.4 is 0 Å². The first-order valence-corrected chi connectivity index (χ1v) is 17.2. The number of aromatic nitrogens is 3. The van der Waals surface area contributed by atoms with Crippen LogP contribution in [0.25, 0.3) is 99.3 Å². The van der Waals surface area contributed by atoms with E-state index in [4.69, 9.17) is 21.0 Å². The Morgan fingerprint density at radius 2 is 1.15 bits per heavy atom. The van der Waals surface area contributed by atoms with E-state index in [0.29, 0.717) is 11.5 Å². The maximum Gasteiger partial charge on any atom is 0.194 e. The highest BCUT2D eigenvalue weighted by Gasteiger charge is 2.21. The van der Waals surface area contributed by atoms with E-state index in [1.54, 1.807) is 0 Å². The second-order valence-corrected chi connectivity index (χ2v) is 12.9. The van der Waals surface area contributed by atoms with Crippen LogP contribution in [0, 0.1) is 6.57 Å². The van der Waals surface area contributed by atoms with Gasteiger partial charge in [-0.3, -0.25) is 0 Å². The normalized spacial score (nSPS) is 11.4. The number of rotatable bonds is 5. The SMILES string of the molecule is [C-]#[N+]c1ccccc1-c1cc(-c2cc(-c3ccccc3)nc(-c3ccccc3)n2)cc(-n2c3ccccc3c3ccc4oc5ccccc5c4c32)c1. The van der Waals surface area contributed by atoms with Gasteiger partial charge in [-0.05, 0) is 59.7 Å². The summed E-state index contributed by atoms with van der Waals surface area (Å²) in [6, 6.07) is 57.8. The van der Waals surface area contributed by atoms with Crippen molar-refractivity contribution < 1.29 is 4.42 Å². The standard InChI is InChI=1S/C47H28N4O/c1-48-39-21-11-8-18-35(39)32-26-33(41-29-40(30-14-4-2-5-15-30)49-47(50-41)31-16-6-3-7-17-31)28-34(27-32)51-42-22-12-9-19-36(42)37-24-25-44-45(46(37)51)38-20-10-13-23-43(38)52-44/h2-29H. The first kappa shape index (κ1) is 29.6. The fraction of sp³-hybridized carbons (Fsp3) is 0. The molecule has 10 aromatic rings. The summed E-state index contributed by atoms with van der Waals surface area (Å²) in [5.41, 5.74) is 11.7. The summed E-state index contributed by atoms with van der Waals surface area (Å²) >= 11 is 0. The van der Waals surface area contributed by atoms with Crippen molar-refractivity contribution in [3.8, 4) is 50.7 Å². The van der Waals surface area contributed by atoms with Crippen LogP contribution in [0.15, 0.2) is 174 Å². The van der Waals surface area contributed by atoms with Gasteiger partial charge in [0.15, 0.2) is 11.5 Å². The molecule has 0 aliphatic heterocycles. The van der Waals surface area contributed by atoms with Crippen LogP contribution in [0.1, 0.15) is 0 Å². The van der Waals surface area contributed by atoms with Crippen LogP contribution in [0.2, 0.25) is 0 Å². The Kier molecular flexibility index (Phi) is 6.80. The van der Waals surface area contributed by atoms with Gasteiger partial charge in [0, 0.05) is 38.5 Å². The van der Waals surface area contributed by atoms with Gasteiger partial charge in [0.2, 0.25) is 0 Å². The summed E-state index contributed by atoms with van der Waals surface area (Å²) in [7, 11) is 0. The summed E-state index contributed by atoms with van der Waals surface area (Å²) in [4.78, 5) is 14.2. The molecule has 0 saturated heterocycles. The van der Waals surface area contributed by atoms with Crippen molar-refractivity contribution >= 4 is 49.4 Å². The highest BCUT2D eigenvalue weighted by atomic mass is 16.3. The molecule has 5 heteroatoms. The Labute approximate surface area is 299 Å². The summed E-state index contributed by atoms with van der Waals surface area (Å²) < 4.78 is 8.76. The molecule has 0 unspecified atom stereocenters. The molecule has 0 spiro atoms. The molecule has 0 N–H and O–H groups in total. The van der Waals surface area contributed by atoms with E-state index in [2.05, 4.69) is 94.3 Å². The maximum atomic E-state index is 8.05. The van der Waals surface area contributed by atoms with Crippen molar-refractivity contribution in [2.45, 2.75) is 0 Å². The van der Waals surface area contributed by atoms with Gasteiger partial charge in [0.25, 0.3) is 0 Å². The van der Waals surface area contributed by atoms with Crippen LogP contribution in [0.5, 0.6) is 0 Å². The van der Waals surface area contributed by atoms with E-state index >= 15 is 0 Å². The number of fused-ring (bicyclic) bond motifs is 7. The van der Waals surface area contributed by atoms with Gasteiger partial charge in [0.05, 0.1) is 34.4 Å². The molecule has 3 aromatic heterocycles. The average molecular weight is 665 g/mol. The van der Waals surface area contributed by atoms with Crippen molar-refractivity contribution in [3.63, 3.8) is 0 Å². The molecule has 0 radical (unpaired) electrons. The predicted octanol–water partition coefficient (Wildman–Crippen LogP) is 12.7. The van der Waals surface area contributed by atoms with Crippen LogP contribution in [0.4, 0.5) is 5.69 Å². The van der Waals surface area contributed by atoms with Gasteiger partial charge in [-0.1, -0.05) is 121 Å². The quantitative estimate of drug-likeness (QED) is 0.172. The van der Waals surface area contributed by atoms with Gasteiger partial charge in [-0.2, -0.15) is 0 Å². The van der Waals surface area contributed by atoms with Gasteiger partial charge < -0.3 is 8.98 Å². The molecular formula is C47H28N4O. The minimum Gasteiger partial charge on any atom is -0.456 e. The van der Waals surface area contributed by atoms with Crippen molar-refractivity contribution in [2.24, 2.45) is 0 Å². The van der Waals surface area contributed by atoms with Crippen molar-refractivity contribution in [1.82, 2.24) is 14.5 Å². The minimum atomic E-state index is 0.591. The molecule has 0 bridgehead atoms. The highest BCUT2D eigenvalue weighted by Crippen LogP contribution is 2.43. The number of benzene rings is 7. The van der Waals surface area contributed by atoms with E-state index in [1.165, 1.54) is 0 Å². The number of para-hydroxylation sites is 3. The molecule has 10 rings (SSSR count). The molecule has 0 atom stereocenters. The van der Waals surface area contributed by atoms with E-state index in [1.807, 2.05) is 84.9 Å². The Balaban J connectivity index is 1.32. The third-order valence-electron chi connectivity index (χ3n) is 9.81. The monoisotopic (exact) mass is 664 g/mol. The third kappa shape index (κ3) is 4.78. The number of nitrogens with zero attached hydrogens (tertiary/aromatic N) is 4. The zero-order valence-electron chi connectivity index (χ0n) is 27.9. The average Bonchev–Trinajstić information content (AvgIpc) is 3.77. The lowest BCUT2D eigenvalue weighted by Crippen LogP contribution is -1.99. The lowest BCUT2D eigenvalue weighted by atomic mass is 9.98.